The topological polar surface area (TPSA) is 15.3 Å². The molecule has 0 radical (unpaired) electrons. The highest BCUT2D eigenvalue weighted by Crippen LogP contribution is 2.27. The van der Waals surface area contributed by atoms with Crippen LogP contribution in [0.15, 0.2) is 15.9 Å². The van der Waals surface area contributed by atoms with Crippen molar-refractivity contribution in [1.29, 1.82) is 0 Å². The molecule has 2 nitrogen and oxygen atoms in total. The highest BCUT2D eigenvalue weighted by molar-refractivity contribution is 9.11. The van der Waals surface area contributed by atoms with Crippen LogP contribution in [0.1, 0.15) is 39.5 Å². The Labute approximate surface area is 142 Å². The van der Waals surface area contributed by atoms with E-state index in [1.54, 1.807) is 0 Å². The number of nitrogens with zero attached hydrogens (tertiary/aromatic N) is 1. The van der Waals surface area contributed by atoms with Crippen molar-refractivity contribution in [3.63, 3.8) is 0 Å². The van der Waals surface area contributed by atoms with Crippen LogP contribution >= 0.6 is 27.3 Å². The van der Waals surface area contributed by atoms with Crippen LogP contribution in [0.4, 0.5) is 0 Å². The Hall–Kier alpha value is 0.1000. The highest BCUT2D eigenvalue weighted by Gasteiger charge is 2.34. The Morgan fingerprint density at radius 3 is 2.62 bits per heavy atom. The van der Waals surface area contributed by atoms with E-state index in [9.17, 15) is 0 Å². The van der Waals surface area contributed by atoms with Gasteiger partial charge in [0.05, 0.1) is 3.79 Å². The molecular formula is C17H29BrN2S. The zero-order valence-corrected chi connectivity index (χ0v) is 16.4. The summed E-state index contributed by atoms with van der Waals surface area (Å²) in [5.74, 6) is 0.702. The molecule has 120 valence electrons. The second kappa shape index (κ2) is 7.12. The van der Waals surface area contributed by atoms with Gasteiger partial charge in [-0.2, -0.15) is 0 Å². The monoisotopic (exact) mass is 372 g/mol. The normalized spacial score (nSPS) is 24.7. The van der Waals surface area contributed by atoms with Gasteiger partial charge in [-0.05, 0) is 45.8 Å². The second-order valence-corrected chi connectivity index (χ2v) is 10.1. The number of halogens is 1. The number of hydrogen-bond acceptors (Lipinski definition) is 3. The zero-order valence-electron chi connectivity index (χ0n) is 13.9. The van der Waals surface area contributed by atoms with E-state index in [0.29, 0.717) is 23.4 Å². The maximum absolute atomic E-state index is 3.78. The molecule has 1 aromatic heterocycles. The predicted octanol–water partition coefficient (Wildman–Crippen LogP) is 4.40. The Kier molecular flexibility index (Phi) is 5.91. The van der Waals surface area contributed by atoms with Crippen LogP contribution in [0.2, 0.25) is 0 Å². The van der Waals surface area contributed by atoms with E-state index in [2.05, 4.69) is 72.9 Å². The van der Waals surface area contributed by atoms with E-state index in [1.807, 2.05) is 11.3 Å². The molecule has 1 saturated heterocycles. The van der Waals surface area contributed by atoms with Crippen LogP contribution < -0.4 is 5.32 Å². The van der Waals surface area contributed by atoms with Gasteiger partial charge in [0.25, 0.3) is 0 Å². The lowest BCUT2D eigenvalue weighted by molar-refractivity contribution is 0.0644. The molecule has 2 rings (SSSR count). The minimum atomic E-state index is 0.326. The Morgan fingerprint density at radius 1 is 1.38 bits per heavy atom. The number of hydrogen-bond donors (Lipinski definition) is 1. The lowest BCUT2D eigenvalue weighted by atomic mass is 9.83. The standard InChI is InChI=1S/C17H29BrN2S/c1-12(2)14-10-19-15(17(3,4)5)11-20(14)9-8-13-6-7-16(18)21-13/h6-7,12,14-15,19H,8-11H2,1-5H3. The first kappa shape index (κ1) is 17.5. The van der Waals surface area contributed by atoms with Crippen LogP contribution in [-0.4, -0.2) is 36.6 Å². The van der Waals surface area contributed by atoms with E-state index in [-0.39, 0.29) is 0 Å². The van der Waals surface area contributed by atoms with Gasteiger partial charge in [0.1, 0.15) is 0 Å². The third kappa shape index (κ3) is 4.78. The molecule has 1 aromatic rings. The van der Waals surface area contributed by atoms with Gasteiger partial charge >= 0.3 is 0 Å². The van der Waals surface area contributed by atoms with Gasteiger partial charge in [-0.25, -0.2) is 0 Å². The van der Waals surface area contributed by atoms with E-state index < -0.39 is 0 Å². The van der Waals surface area contributed by atoms with Crippen molar-refractivity contribution in [3.05, 3.63) is 20.8 Å². The molecule has 0 aromatic carbocycles. The molecule has 1 aliphatic heterocycles. The fourth-order valence-electron chi connectivity index (χ4n) is 3.06. The Morgan fingerprint density at radius 2 is 2.10 bits per heavy atom. The van der Waals surface area contributed by atoms with Crippen molar-refractivity contribution < 1.29 is 0 Å². The predicted molar refractivity (Wildman–Crippen MR) is 97.2 cm³/mol. The Balaban J connectivity index is 2.00. The molecule has 2 heterocycles. The Bertz CT molecular complexity index is 450. The van der Waals surface area contributed by atoms with Gasteiger partial charge in [-0.1, -0.05) is 34.6 Å². The van der Waals surface area contributed by atoms with Crippen molar-refractivity contribution >= 4 is 27.3 Å². The largest absolute Gasteiger partial charge is 0.311 e. The lowest BCUT2D eigenvalue weighted by Crippen LogP contribution is -2.61. The van der Waals surface area contributed by atoms with E-state index in [0.717, 1.165) is 13.0 Å². The van der Waals surface area contributed by atoms with Gasteiger partial charge in [0.15, 0.2) is 0 Å². The quantitative estimate of drug-likeness (QED) is 0.842. The van der Waals surface area contributed by atoms with Crippen LogP contribution in [0.5, 0.6) is 0 Å². The molecule has 1 aliphatic rings. The molecule has 2 unspecified atom stereocenters. The summed E-state index contributed by atoms with van der Waals surface area (Å²) in [6.07, 6.45) is 1.16. The summed E-state index contributed by atoms with van der Waals surface area (Å²) in [6.45, 7) is 15.2. The number of thiophene rings is 1. The molecule has 1 fully saturated rings. The molecule has 21 heavy (non-hydrogen) atoms. The molecule has 0 bridgehead atoms. The van der Waals surface area contributed by atoms with Crippen molar-refractivity contribution in [2.24, 2.45) is 11.3 Å². The maximum atomic E-state index is 3.78. The van der Waals surface area contributed by atoms with Crippen molar-refractivity contribution in [1.82, 2.24) is 10.2 Å². The summed E-state index contributed by atoms with van der Waals surface area (Å²) >= 11 is 5.43. The van der Waals surface area contributed by atoms with Crippen molar-refractivity contribution in [2.75, 3.05) is 19.6 Å². The van der Waals surface area contributed by atoms with E-state index >= 15 is 0 Å². The number of rotatable bonds is 4. The molecule has 2 atom stereocenters. The van der Waals surface area contributed by atoms with Gasteiger partial charge in [-0.15, -0.1) is 11.3 Å². The lowest BCUT2D eigenvalue weighted by Gasteiger charge is -2.46. The summed E-state index contributed by atoms with van der Waals surface area (Å²) in [6, 6.07) is 5.66. The fourth-order valence-corrected chi connectivity index (χ4v) is 4.53. The molecule has 0 aliphatic carbocycles. The van der Waals surface area contributed by atoms with Gasteiger partial charge in [0, 0.05) is 36.6 Å². The first-order valence-corrected chi connectivity index (χ1v) is 9.60. The summed E-state index contributed by atoms with van der Waals surface area (Å²) in [7, 11) is 0. The van der Waals surface area contributed by atoms with Gasteiger partial charge < -0.3 is 5.32 Å². The van der Waals surface area contributed by atoms with Crippen molar-refractivity contribution in [3.8, 4) is 0 Å². The van der Waals surface area contributed by atoms with Gasteiger partial charge in [-0.3, -0.25) is 4.90 Å². The van der Waals surface area contributed by atoms with Crippen LogP contribution in [0, 0.1) is 11.3 Å². The average Bonchev–Trinajstić information content (AvgIpc) is 2.80. The molecule has 0 spiro atoms. The first-order chi connectivity index (χ1) is 9.77. The highest BCUT2D eigenvalue weighted by atomic mass is 79.9. The van der Waals surface area contributed by atoms with E-state index in [4.69, 9.17) is 0 Å². The fraction of sp³-hybridized carbons (Fsp3) is 0.765. The molecule has 0 amide bonds. The third-order valence-electron chi connectivity index (χ3n) is 4.55. The SMILES string of the molecule is CC(C)C1CNC(C(C)(C)C)CN1CCc1ccc(Br)s1. The smallest absolute Gasteiger partial charge is 0.0701 e. The minimum absolute atomic E-state index is 0.326. The molecule has 4 heteroatoms. The number of nitrogens with one attached hydrogen (secondary N) is 1. The molecular weight excluding hydrogens is 344 g/mol. The number of piperazine rings is 1. The van der Waals surface area contributed by atoms with Crippen molar-refractivity contribution in [2.45, 2.75) is 53.1 Å². The van der Waals surface area contributed by atoms with Crippen LogP contribution in [-0.2, 0) is 6.42 Å². The van der Waals surface area contributed by atoms with Gasteiger partial charge in [0.2, 0.25) is 0 Å². The maximum Gasteiger partial charge on any atom is 0.0701 e. The van der Waals surface area contributed by atoms with Crippen LogP contribution in [0.25, 0.3) is 0 Å². The summed E-state index contributed by atoms with van der Waals surface area (Å²) in [5, 5.41) is 3.78. The second-order valence-electron chi connectivity index (χ2n) is 7.59. The summed E-state index contributed by atoms with van der Waals surface area (Å²) < 4.78 is 1.24. The minimum Gasteiger partial charge on any atom is -0.311 e. The van der Waals surface area contributed by atoms with E-state index in [1.165, 1.54) is 21.8 Å². The summed E-state index contributed by atoms with van der Waals surface area (Å²) in [4.78, 5) is 4.19. The summed E-state index contributed by atoms with van der Waals surface area (Å²) in [5.41, 5.74) is 0.326. The molecule has 0 saturated carbocycles. The third-order valence-corrected chi connectivity index (χ3v) is 6.23. The average molecular weight is 373 g/mol. The zero-order chi connectivity index (χ0) is 15.6. The molecule has 1 N–H and O–H groups in total. The first-order valence-electron chi connectivity index (χ1n) is 7.99. The van der Waals surface area contributed by atoms with Crippen LogP contribution in [0.3, 0.4) is 0 Å².